The molecule has 1 aliphatic rings. The van der Waals surface area contributed by atoms with Crippen LogP contribution in [0.25, 0.3) is 0 Å². The molecule has 0 spiro atoms. The molecule has 0 radical (unpaired) electrons. The Bertz CT molecular complexity index is 735. The van der Waals surface area contributed by atoms with Crippen molar-refractivity contribution in [1.82, 2.24) is 5.32 Å². The molecule has 134 valence electrons. The molecule has 1 aromatic carbocycles. The molecule has 0 aliphatic carbocycles. The quantitative estimate of drug-likeness (QED) is 0.766. The Morgan fingerprint density at radius 2 is 2.12 bits per heavy atom. The third-order valence-corrected chi connectivity index (χ3v) is 3.71. The highest BCUT2D eigenvalue weighted by Gasteiger charge is 2.44. The number of fused-ring (bicyclic) bond motifs is 1. The third kappa shape index (κ3) is 4.12. The molecule has 0 aromatic heterocycles. The maximum absolute atomic E-state index is 12.1. The SMILES string of the molecule is CN1c2cc(CCC(=O)O)ccc2N[C@@]1(C#N)NC(=O)OC(C)(C)C. The van der Waals surface area contributed by atoms with E-state index in [4.69, 9.17) is 9.84 Å². The standard InChI is InChI=1S/C17H22N4O4/c1-16(2,3)25-15(24)20-17(10-18)19-12-7-5-11(6-8-14(22)23)9-13(12)21(17)4/h5,7,9,19H,6,8H2,1-4H3,(H,20,24)(H,22,23)/t17-/m0/s1. The van der Waals surface area contributed by atoms with Crippen molar-refractivity contribution in [3.05, 3.63) is 23.8 Å². The van der Waals surface area contributed by atoms with Crippen LogP contribution >= 0.6 is 0 Å². The van der Waals surface area contributed by atoms with Gasteiger partial charge in [0.2, 0.25) is 0 Å². The van der Waals surface area contributed by atoms with Gasteiger partial charge in [0.1, 0.15) is 11.7 Å². The largest absolute Gasteiger partial charge is 0.481 e. The fraction of sp³-hybridized carbons (Fsp3) is 0.471. The van der Waals surface area contributed by atoms with Crippen LogP contribution in [0.4, 0.5) is 16.2 Å². The highest BCUT2D eigenvalue weighted by molar-refractivity contribution is 5.82. The molecule has 8 nitrogen and oxygen atoms in total. The number of aliphatic carboxylic acids is 1. The van der Waals surface area contributed by atoms with Crippen molar-refractivity contribution >= 4 is 23.4 Å². The predicted molar refractivity (Wildman–Crippen MR) is 92.1 cm³/mol. The van der Waals surface area contributed by atoms with Gasteiger partial charge in [-0.2, -0.15) is 5.26 Å². The summed E-state index contributed by atoms with van der Waals surface area (Å²) in [5, 5.41) is 24.0. The zero-order chi connectivity index (χ0) is 18.8. The zero-order valence-electron chi connectivity index (χ0n) is 14.7. The average Bonchev–Trinajstić information content (AvgIpc) is 2.76. The van der Waals surface area contributed by atoms with Crippen LogP contribution in [-0.2, 0) is 16.0 Å². The number of carboxylic acid groups (broad SMARTS) is 1. The molecule has 2 rings (SSSR count). The first kappa shape index (κ1) is 18.4. The Kier molecular flexibility index (Phi) is 4.79. The highest BCUT2D eigenvalue weighted by atomic mass is 16.6. The highest BCUT2D eigenvalue weighted by Crippen LogP contribution is 2.38. The van der Waals surface area contributed by atoms with Crippen molar-refractivity contribution < 1.29 is 19.4 Å². The van der Waals surface area contributed by atoms with E-state index in [1.807, 2.05) is 0 Å². The second-order valence-corrected chi connectivity index (χ2v) is 6.88. The Labute approximate surface area is 146 Å². The van der Waals surface area contributed by atoms with Crippen molar-refractivity contribution in [2.75, 3.05) is 17.3 Å². The summed E-state index contributed by atoms with van der Waals surface area (Å²) in [6.45, 7) is 5.21. The summed E-state index contributed by atoms with van der Waals surface area (Å²) in [6, 6.07) is 7.43. The molecular formula is C17H22N4O4. The van der Waals surface area contributed by atoms with Crippen LogP contribution in [0.3, 0.4) is 0 Å². The molecular weight excluding hydrogens is 324 g/mol. The van der Waals surface area contributed by atoms with Gasteiger partial charge in [-0.05, 0) is 44.9 Å². The zero-order valence-corrected chi connectivity index (χ0v) is 14.7. The van der Waals surface area contributed by atoms with E-state index < -0.39 is 23.5 Å². The molecule has 1 aliphatic heterocycles. The molecule has 1 heterocycles. The van der Waals surface area contributed by atoms with E-state index in [2.05, 4.69) is 16.7 Å². The van der Waals surface area contributed by atoms with Gasteiger partial charge in [0.05, 0.1) is 11.4 Å². The monoisotopic (exact) mass is 346 g/mol. The summed E-state index contributed by atoms with van der Waals surface area (Å²) in [5.41, 5.74) is 1.51. The number of amides is 1. The minimum Gasteiger partial charge on any atom is -0.481 e. The third-order valence-electron chi connectivity index (χ3n) is 3.71. The van der Waals surface area contributed by atoms with Crippen LogP contribution in [0.1, 0.15) is 32.8 Å². The van der Waals surface area contributed by atoms with Gasteiger partial charge >= 0.3 is 12.1 Å². The maximum atomic E-state index is 12.1. The van der Waals surface area contributed by atoms with E-state index in [0.717, 1.165) is 5.56 Å². The molecule has 0 saturated heterocycles. The van der Waals surface area contributed by atoms with E-state index in [1.54, 1.807) is 50.9 Å². The molecule has 1 atom stereocenters. The summed E-state index contributed by atoms with van der Waals surface area (Å²) in [5.74, 6) is -2.35. The molecule has 0 fully saturated rings. The van der Waals surface area contributed by atoms with Crippen molar-refractivity contribution in [1.29, 1.82) is 5.26 Å². The lowest BCUT2D eigenvalue weighted by atomic mass is 10.1. The Morgan fingerprint density at radius 3 is 2.68 bits per heavy atom. The molecule has 0 unspecified atom stereocenters. The van der Waals surface area contributed by atoms with Gasteiger partial charge in [-0.3, -0.25) is 10.1 Å². The lowest BCUT2D eigenvalue weighted by Crippen LogP contribution is -2.61. The van der Waals surface area contributed by atoms with Gasteiger partial charge in [-0.15, -0.1) is 0 Å². The summed E-state index contributed by atoms with van der Waals surface area (Å²) >= 11 is 0. The molecule has 1 amide bonds. The fourth-order valence-corrected chi connectivity index (χ4v) is 2.52. The number of hydrogen-bond acceptors (Lipinski definition) is 6. The number of nitrogens with one attached hydrogen (secondary N) is 2. The van der Waals surface area contributed by atoms with Gasteiger partial charge in [-0.1, -0.05) is 6.07 Å². The van der Waals surface area contributed by atoms with Gasteiger partial charge in [-0.25, -0.2) is 4.79 Å². The van der Waals surface area contributed by atoms with Crippen molar-refractivity contribution in [3.63, 3.8) is 0 Å². The van der Waals surface area contributed by atoms with Crippen LogP contribution < -0.4 is 15.5 Å². The van der Waals surface area contributed by atoms with E-state index in [-0.39, 0.29) is 6.42 Å². The van der Waals surface area contributed by atoms with Crippen molar-refractivity contribution in [2.24, 2.45) is 0 Å². The van der Waals surface area contributed by atoms with Crippen LogP contribution in [-0.4, -0.2) is 35.6 Å². The second-order valence-electron chi connectivity index (χ2n) is 6.88. The molecule has 3 N–H and O–H groups in total. The number of benzene rings is 1. The normalized spacial score (nSPS) is 18.8. The first-order valence-electron chi connectivity index (χ1n) is 7.85. The van der Waals surface area contributed by atoms with Crippen LogP contribution in [0, 0.1) is 11.3 Å². The topological polar surface area (TPSA) is 115 Å². The first-order chi connectivity index (χ1) is 11.6. The lowest BCUT2D eigenvalue weighted by Gasteiger charge is -2.32. The summed E-state index contributed by atoms with van der Waals surface area (Å²) in [6.07, 6.45) is -0.308. The number of carbonyl (C=O) groups excluding carboxylic acids is 1. The van der Waals surface area contributed by atoms with Gasteiger partial charge in [0.25, 0.3) is 5.79 Å². The Morgan fingerprint density at radius 1 is 1.44 bits per heavy atom. The second kappa shape index (κ2) is 6.51. The van der Waals surface area contributed by atoms with E-state index in [9.17, 15) is 14.9 Å². The number of rotatable bonds is 4. The van der Waals surface area contributed by atoms with Crippen molar-refractivity contribution in [2.45, 2.75) is 45.0 Å². The summed E-state index contributed by atoms with van der Waals surface area (Å²) in [7, 11) is 1.67. The molecule has 0 bridgehead atoms. The Balaban J connectivity index is 2.21. The van der Waals surface area contributed by atoms with E-state index in [0.29, 0.717) is 17.8 Å². The summed E-state index contributed by atoms with van der Waals surface area (Å²) in [4.78, 5) is 24.4. The van der Waals surface area contributed by atoms with E-state index >= 15 is 0 Å². The number of nitriles is 1. The number of hydrogen-bond donors (Lipinski definition) is 3. The summed E-state index contributed by atoms with van der Waals surface area (Å²) < 4.78 is 5.23. The number of carbonyl (C=O) groups is 2. The van der Waals surface area contributed by atoms with Gasteiger partial charge < -0.3 is 20.1 Å². The lowest BCUT2D eigenvalue weighted by molar-refractivity contribution is -0.136. The van der Waals surface area contributed by atoms with Crippen LogP contribution in [0.15, 0.2) is 18.2 Å². The number of nitrogens with zero attached hydrogens (tertiary/aromatic N) is 2. The minimum absolute atomic E-state index is 0.0233. The van der Waals surface area contributed by atoms with Gasteiger partial charge in [0, 0.05) is 13.5 Å². The number of carboxylic acids is 1. The van der Waals surface area contributed by atoms with Crippen LogP contribution in [0.5, 0.6) is 0 Å². The number of aryl methyl sites for hydroxylation is 1. The van der Waals surface area contributed by atoms with Gasteiger partial charge in [0.15, 0.2) is 0 Å². The molecule has 0 saturated carbocycles. The van der Waals surface area contributed by atoms with E-state index in [1.165, 1.54) is 0 Å². The molecule has 25 heavy (non-hydrogen) atoms. The predicted octanol–water partition coefficient (Wildman–Crippen LogP) is 2.27. The molecule has 1 aromatic rings. The number of anilines is 2. The smallest absolute Gasteiger partial charge is 0.411 e. The average molecular weight is 346 g/mol. The number of ether oxygens (including phenoxy) is 1. The van der Waals surface area contributed by atoms with Crippen LogP contribution in [0.2, 0.25) is 0 Å². The molecule has 8 heteroatoms. The minimum atomic E-state index is -1.48. The maximum Gasteiger partial charge on any atom is 0.411 e. The Hall–Kier alpha value is -2.95. The first-order valence-corrected chi connectivity index (χ1v) is 7.85. The fourth-order valence-electron chi connectivity index (χ4n) is 2.52. The number of alkyl carbamates (subject to hydrolysis) is 1. The van der Waals surface area contributed by atoms with Crippen molar-refractivity contribution in [3.8, 4) is 6.07 Å².